The average Bonchev–Trinajstić information content (AvgIpc) is 2.21. The third-order valence-corrected chi connectivity index (χ3v) is 3.19. The fraction of sp³-hybridized carbons (Fsp3) is 0.714. The molecule has 0 aromatic rings. The lowest BCUT2D eigenvalue weighted by atomic mass is 9.97. The maximum absolute atomic E-state index is 12.4. The fourth-order valence-corrected chi connectivity index (χ4v) is 2.49. The minimum Gasteiger partial charge on any atom is -0.478 e. The molecule has 0 aromatic heterocycles. The molecule has 1 aliphatic heterocycles. The van der Waals surface area contributed by atoms with Gasteiger partial charge < -0.3 is 14.7 Å². The summed E-state index contributed by atoms with van der Waals surface area (Å²) in [6, 6.07) is 0. The minimum atomic E-state index is -1.06. The number of carboxylic acid groups (broad SMARTS) is 1. The summed E-state index contributed by atoms with van der Waals surface area (Å²) >= 11 is 0. The third-order valence-electron chi connectivity index (χ3n) is 3.19. The van der Waals surface area contributed by atoms with Crippen LogP contribution in [0, 0.1) is 0 Å². The summed E-state index contributed by atoms with van der Waals surface area (Å²) in [6.07, 6.45) is 0. The first-order chi connectivity index (χ1) is 8.45. The topological polar surface area (TPSA) is 66.8 Å². The highest BCUT2D eigenvalue weighted by atomic mass is 16.5. The van der Waals surface area contributed by atoms with Crippen LogP contribution in [-0.4, -0.2) is 46.2 Å². The lowest BCUT2D eigenvalue weighted by molar-refractivity contribution is -0.186. The van der Waals surface area contributed by atoms with Gasteiger partial charge in [-0.2, -0.15) is 0 Å². The monoisotopic (exact) mass is 269 g/mol. The second-order valence-corrected chi connectivity index (χ2v) is 6.34. The number of nitrogens with zero attached hydrogens (tertiary/aromatic N) is 1. The maximum Gasteiger partial charge on any atom is 0.331 e. The number of carboxylic acids is 1. The van der Waals surface area contributed by atoms with Gasteiger partial charge >= 0.3 is 5.97 Å². The molecule has 1 fully saturated rings. The van der Waals surface area contributed by atoms with Crippen molar-refractivity contribution in [2.75, 3.05) is 13.1 Å². The van der Waals surface area contributed by atoms with Crippen molar-refractivity contribution in [1.82, 2.24) is 4.90 Å². The Bertz CT molecular complexity index is 419. The number of hydrogen-bond acceptors (Lipinski definition) is 3. The Morgan fingerprint density at radius 2 is 1.42 bits per heavy atom. The molecule has 0 atom stereocenters. The summed E-state index contributed by atoms with van der Waals surface area (Å²) in [5.41, 5.74) is -0.503. The Kier molecular flexibility index (Phi) is 4.10. The third kappa shape index (κ3) is 3.80. The second-order valence-electron chi connectivity index (χ2n) is 6.34. The number of carbonyl (C=O) groups is 2. The van der Waals surface area contributed by atoms with Crippen LogP contribution >= 0.6 is 0 Å². The number of ether oxygens (including phenoxy) is 1. The van der Waals surface area contributed by atoms with Crippen molar-refractivity contribution in [2.24, 2.45) is 0 Å². The van der Waals surface area contributed by atoms with Crippen LogP contribution in [-0.2, 0) is 14.3 Å². The molecule has 1 heterocycles. The van der Waals surface area contributed by atoms with Crippen molar-refractivity contribution in [3.05, 3.63) is 11.1 Å². The number of rotatable bonds is 2. The van der Waals surface area contributed by atoms with Gasteiger partial charge in [-0.1, -0.05) is 0 Å². The highest BCUT2D eigenvalue weighted by molar-refractivity contribution is 6.01. The highest BCUT2D eigenvalue weighted by Crippen LogP contribution is 2.29. The van der Waals surface area contributed by atoms with Crippen molar-refractivity contribution in [1.29, 1.82) is 0 Å². The van der Waals surface area contributed by atoms with E-state index in [2.05, 4.69) is 0 Å². The molecule has 0 radical (unpaired) electrons. The van der Waals surface area contributed by atoms with E-state index in [-0.39, 0.29) is 17.1 Å². The molecule has 5 nitrogen and oxygen atoms in total. The largest absolute Gasteiger partial charge is 0.478 e. The van der Waals surface area contributed by atoms with Crippen molar-refractivity contribution in [3.63, 3.8) is 0 Å². The van der Waals surface area contributed by atoms with Gasteiger partial charge in [-0.25, -0.2) is 4.79 Å². The van der Waals surface area contributed by atoms with Crippen LogP contribution in [0.25, 0.3) is 0 Å². The molecule has 1 amide bonds. The maximum atomic E-state index is 12.4. The summed E-state index contributed by atoms with van der Waals surface area (Å²) in [5.74, 6) is -1.29. The van der Waals surface area contributed by atoms with Gasteiger partial charge in [-0.3, -0.25) is 4.79 Å². The van der Waals surface area contributed by atoms with Gasteiger partial charge in [0.1, 0.15) is 0 Å². The zero-order chi connectivity index (χ0) is 15.0. The molecule has 0 aromatic carbocycles. The molecule has 1 rings (SSSR count). The molecule has 0 bridgehead atoms. The first-order valence-electron chi connectivity index (χ1n) is 6.35. The predicted molar refractivity (Wildman–Crippen MR) is 71.8 cm³/mol. The van der Waals surface area contributed by atoms with Gasteiger partial charge in [0.2, 0.25) is 5.91 Å². The molecule has 5 heteroatoms. The summed E-state index contributed by atoms with van der Waals surface area (Å²) in [7, 11) is 0. The Balaban J connectivity index is 3.00. The Morgan fingerprint density at radius 3 is 1.79 bits per heavy atom. The number of amides is 1. The fourth-order valence-electron chi connectivity index (χ4n) is 2.49. The van der Waals surface area contributed by atoms with Crippen molar-refractivity contribution >= 4 is 11.9 Å². The van der Waals surface area contributed by atoms with E-state index in [1.807, 2.05) is 27.7 Å². The van der Waals surface area contributed by atoms with Gasteiger partial charge in [-0.15, -0.1) is 0 Å². The first-order valence-corrected chi connectivity index (χ1v) is 6.35. The average molecular weight is 269 g/mol. The molecular weight excluding hydrogens is 246 g/mol. The zero-order valence-corrected chi connectivity index (χ0v) is 12.5. The van der Waals surface area contributed by atoms with Crippen LogP contribution in [0.15, 0.2) is 11.1 Å². The van der Waals surface area contributed by atoms with Crippen LogP contribution < -0.4 is 0 Å². The lowest BCUT2D eigenvalue weighted by Crippen LogP contribution is -2.58. The number of carbonyl (C=O) groups excluding carboxylic acids is 1. The summed E-state index contributed by atoms with van der Waals surface area (Å²) in [6.45, 7) is 11.6. The molecule has 0 unspecified atom stereocenters. The number of hydrogen-bond donors (Lipinski definition) is 1. The molecule has 19 heavy (non-hydrogen) atoms. The lowest BCUT2D eigenvalue weighted by Gasteiger charge is -2.47. The standard InChI is InChI=1S/C14H23NO4/c1-9(10(2)12(17)18)11(16)15-7-13(3,4)19-14(5,6)8-15/h7-8H2,1-6H3,(H,17,18). The van der Waals surface area contributed by atoms with E-state index in [9.17, 15) is 9.59 Å². The van der Waals surface area contributed by atoms with Crippen LogP contribution in [0.3, 0.4) is 0 Å². The van der Waals surface area contributed by atoms with E-state index in [0.29, 0.717) is 13.1 Å². The highest BCUT2D eigenvalue weighted by Gasteiger charge is 2.40. The molecule has 1 saturated heterocycles. The summed E-state index contributed by atoms with van der Waals surface area (Å²) in [4.78, 5) is 25.0. The van der Waals surface area contributed by atoms with Crippen LogP contribution in [0.4, 0.5) is 0 Å². The number of morpholine rings is 1. The van der Waals surface area contributed by atoms with Crippen molar-refractivity contribution in [3.8, 4) is 0 Å². The van der Waals surface area contributed by atoms with E-state index in [0.717, 1.165) is 0 Å². The Morgan fingerprint density at radius 1 is 1.00 bits per heavy atom. The van der Waals surface area contributed by atoms with Gasteiger partial charge in [-0.05, 0) is 41.5 Å². The van der Waals surface area contributed by atoms with Gasteiger partial charge in [0.05, 0.1) is 11.2 Å². The van der Waals surface area contributed by atoms with E-state index in [1.165, 1.54) is 6.92 Å². The SMILES string of the molecule is CC(C(=O)O)=C(C)C(=O)N1CC(C)(C)OC(C)(C)C1. The van der Waals surface area contributed by atoms with E-state index < -0.39 is 17.2 Å². The summed E-state index contributed by atoms with van der Waals surface area (Å²) in [5, 5.41) is 8.95. The molecule has 108 valence electrons. The van der Waals surface area contributed by atoms with E-state index in [1.54, 1.807) is 11.8 Å². The molecular formula is C14H23NO4. The zero-order valence-electron chi connectivity index (χ0n) is 12.5. The van der Waals surface area contributed by atoms with Crippen LogP contribution in [0.5, 0.6) is 0 Å². The smallest absolute Gasteiger partial charge is 0.331 e. The molecule has 0 spiro atoms. The van der Waals surface area contributed by atoms with Gasteiger partial charge in [0, 0.05) is 24.2 Å². The minimum absolute atomic E-state index is 0.0899. The van der Waals surface area contributed by atoms with Crippen molar-refractivity contribution < 1.29 is 19.4 Å². The Labute approximate surface area is 114 Å². The van der Waals surface area contributed by atoms with Gasteiger partial charge in [0.25, 0.3) is 0 Å². The molecule has 0 aliphatic carbocycles. The quantitative estimate of drug-likeness (QED) is 0.777. The van der Waals surface area contributed by atoms with Crippen LogP contribution in [0.2, 0.25) is 0 Å². The summed E-state index contributed by atoms with van der Waals surface area (Å²) < 4.78 is 5.90. The van der Waals surface area contributed by atoms with Crippen molar-refractivity contribution in [2.45, 2.75) is 52.7 Å². The normalized spacial score (nSPS) is 22.7. The van der Waals surface area contributed by atoms with Crippen LogP contribution in [0.1, 0.15) is 41.5 Å². The molecule has 1 aliphatic rings. The Hall–Kier alpha value is -1.36. The van der Waals surface area contributed by atoms with E-state index in [4.69, 9.17) is 9.84 Å². The van der Waals surface area contributed by atoms with Gasteiger partial charge in [0.15, 0.2) is 0 Å². The predicted octanol–water partition coefficient (Wildman–Crippen LogP) is 1.82. The van der Waals surface area contributed by atoms with E-state index >= 15 is 0 Å². The first kappa shape index (κ1) is 15.7. The molecule has 1 N–H and O–H groups in total. The second kappa shape index (κ2) is 4.96. The molecule has 0 saturated carbocycles. The number of aliphatic carboxylic acids is 1.